The SMILES string of the molecule is COCC1=CCC2C(C)(C)CCCC2(C)C12CCC(C)(CC(=O)OC)O2. The van der Waals surface area contributed by atoms with Crippen molar-refractivity contribution >= 4 is 5.97 Å². The lowest BCUT2D eigenvalue weighted by atomic mass is 9.46. The third-order valence-electron chi connectivity index (χ3n) is 7.74. The topological polar surface area (TPSA) is 44.8 Å². The van der Waals surface area contributed by atoms with E-state index in [1.165, 1.54) is 31.9 Å². The highest BCUT2D eigenvalue weighted by Gasteiger charge is 2.65. The number of allylic oxidation sites excluding steroid dienone is 1. The Kier molecular flexibility index (Phi) is 5.07. The number of esters is 1. The second-order valence-corrected chi connectivity index (χ2v) is 9.84. The van der Waals surface area contributed by atoms with E-state index in [2.05, 4.69) is 33.8 Å². The van der Waals surface area contributed by atoms with Crippen molar-refractivity contribution < 1.29 is 19.0 Å². The summed E-state index contributed by atoms with van der Waals surface area (Å²) in [5, 5.41) is 0. The molecule has 4 atom stereocenters. The van der Waals surface area contributed by atoms with Gasteiger partial charge in [0.15, 0.2) is 0 Å². The second-order valence-electron chi connectivity index (χ2n) is 9.84. The summed E-state index contributed by atoms with van der Waals surface area (Å²) >= 11 is 0. The van der Waals surface area contributed by atoms with Crippen LogP contribution in [-0.2, 0) is 19.0 Å². The first-order valence-corrected chi connectivity index (χ1v) is 10.1. The fourth-order valence-electron chi connectivity index (χ4n) is 6.40. The van der Waals surface area contributed by atoms with E-state index in [0.717, 1.165) is 19.3 Å². The van der Waals surface area contributed by atoms with Gasteiger partial charge in [-0.3, -0.25) is 4.79 Å². The monoisotopic (exact) mass is 364 g/mol. The van der Waals surface area contributed by atoms with E-state index >= 15 is 0 Å². The molecule has 4 nitrogen and oxygen atoms in total. The molecule has 4 unspecified atom stereocenters. The summed E-state index contributed by atoms with van der Waals surface area (Å²) < 4.78 is 17.4. The van der Waals surface area contributed by atoms with Crippen LogP contribution >= 0.6 is 0 Å². The van der Waals surface area contributed by atoms with Gasteiger partial charge in [0.2, 0.25) is 0 Å². The highest BCUT2D eigenvalue weighted by Crippen LogP contribution is 2.66. The normalized spacial score (nSPS) is 41.6. The number of hydrogen-bond donors (Lipinski definition) is 0. The van der Waals surface area contributed by atoms with Crippen LogP contribution in [0, 0.1) is 16.7 Å². The molecule has 1 heterocycles. The first-order chi connectivity index (χ1) is 12.1. The molecule has 1 spiro atoms. The van der Waals surface area contributed by atoms with Gasteiger partial charge >= 0.3 is 5.97 Å². The lowest BCUT2D eigenvalue weighted by Crippen LogP contribution is -2.60. The van der Waals surface area contributed by atoms with Crippen molar-refractivity contribution in [2.75, 3.05) is 20.8 Å². The van der Waals surface area contributed by atoms with Crippen molar-refractivity contribution in [2.24, 2.45) is 16.7 Å². The summed E-state index contributed by atoms with van der Waals surface area (Å²) in [5.74, 6) is 0.396. The molecule has 3 aliphatic rings. The average molecular weight is 365 g/mol. The minimum Gasteiger partial charge on any atom is -0.469 e. The molecule has 2 aliphatic carbocycles. The highest BCUT2D eigenvalue weighted by atomic mass is 16.5. The van der Waals surface area contributed by atoms with Gasteiger partial charge in [0, 0.05) is 12.5 Å². The van der Waals surface area contributed by atoms with E-state index in [-0.39, 0.29) is 17.0 Å². The van der Waals surface area contributed by atoms with E-state index < -0.39 is 5.60 Å². The molecule has 1 aliphatic heterocycles. The van der Waals surface area contributed by atoms with E-state index in [4.69, 9.17) is 14.2 Å². The molecule has 3 rings (SSSR count). The van der Waals surface area contributed by atoms with Gasteiger partial charge < -0.3 is 14.2 Å². The fourth-order valence-corrected chi connectivity index (χ4v) is 6.40. The van der Waals surface area contributed by atoms with Gasteiger partial charge in [0.05, 0.1) is 31.3 Å². The molecule has 0 aromatic carbocycles. The van der Waals surface area contributed by atoms with Gasteiger partial charge in [-0.25, -0.2) is 0 Å². The van der Waals surface area contributed by atoms with Crippen LogP contribution in [0.25, 0.3) is 0 Å². The third kappa shape index (κ3) is 2.93. The zero-order chi connectivity index (χ0) is 19.2. The van der Waals surface area contributed by atoms with Gasteiger partial charge in [0.1, 0.15) is 0 Å². The van der Waals surface area contributed by atoms with E-state index in [9.17, 15) is 4.79 Å². The van der Waals surface area contributed by atoms with Crippen molar-refractivity contribution in [1.82, 2.24) is 0 Å². The molecular formula is C22H36O4. The van der Waals surface area contributed by atoms with Crippen LogP contribution in [0.1, 0.15) is 72.6 Å². The zero-order valence-corrected chi connectivity index (χ0v) is 17.4. The zero-order valence-electron chi connectivity index (χ0n) is 17.4. The lowest BCUT2D eigenvalue weighted by molar-refractivity contribution is -0.196. The van der Waals surface area contributed by atoms with Crippen molar-refractivity contribution in [3.8, 4) is 0 Å². The third-order valence-corrected chi connectivity index (χ3v) is 7.74. The van der Waals surface area contributed by atoms with Crippen LogP contribution in [0.5, 0.6) is 0 Å². The van der Waals surface area contributed by atoms with Gasteiger partial charge in [-0.1, -0.05) is 33.3 Å². The molecule has 1 saturated carbocycles. The molecule has 0 bridgehead atoms. The molecule has 2 fully saturated rings. The predicted octanol–water partition coefficient (Wildman–Crippen LogP) is 4.67. The summed E-state index contributed by atoms with van der Waals surface area (Å²) in [5.41, 5.74) is 0.870. The van der Waals surface area contributed by atoms with Crippen LogP contribution in [0.4, 0.5) is 0 Å². The van der Waals surface area contributed by atoms with E-state index in [0.29, 0.717) is 24.4 Å². The minimum atomic E-state index is -0.466. The maximum atomic E-state index is 12.0. The van der Waals surface area contributed by atoms with Gasteiger partial charge in [-0.2, -0.15) is 0 Å². The maximum absolute atomic E-state index is 12.0. The number of carbonyl (C=O) groups is 1. The number of carbonyl (C=O) groups excluding carboxylic acids is 1. The van der Waals surface area contributed by atoms with Gasteiger partial charge in [0.25, 0.3) is 0 Å². The predicted molar refractivity (Wildman–Crippen MR) is 102 cm³/mol. The molecular weight excluding hydrogens is 328 g/mol. The molecule has 148 valence electrons. The number of ether oxygens (including phenoxy) is 3. The Morgan fingerprint density at radius 3 is 2.54 bits per heavy atom. The molecule has 1 saturated heterocycles. The van der Waals surface area contributed by atoms with Crippen LogP contribution in [0.15, 0.2) is 11.6 Å². The van der Waals surface area contributed by atoms with Crippen molar-refractivity contribution in [1.29, 1.82) is 0 Å². The molecule has 0 radical (unpaired) electrons. The number of hydrogen-bond acceptors (Lipinski definition) is 4. The van der Waals surface area contributed by atoms with Crippen molar-refractivity contribution in [3.05, 3.63) is 11.6 Å². The Morgan fingerprint density at radius 1 is 1.15 bits per heavy atom. The highest BCUT2D eigenvalue weighted by molar-refractivity contribution is 5.70. The second kappa shape index (κ2) is 6.63. The minimum absolute atomic E-state index is 0.0746. The molecule has 26 heavy (non-hydrogen) atoms. The van der Waals surface area contributed by atoms with Crippen LogP contribution in [0.3, 0.4) is 0 Å². The Morgan fingerprint density at radius 2 is 1.88 bits per heavy atom. The largest absolute Gasteiger partial charge is 0.469 e. The number of rotatable bonds is 4. The summed E-state index contributed by atoms with van der Waals surface area (Å²) in [6.45, 7) is 9.95. The first kappa shape index (κ1) is 19.9. The Bertz CT molecular complexity index is 595. The van der Waals surface area contributed by atoms with Crippen LogP contribution < -0.4 is 0 Å². The van der Waals surface area contributed by atoms with Crippen molar-refractivity contribution in [3.63, 3.8) is 0 Å². The van der Waals surface area contributed by atoms with Crippen LogP contribution in [-0.4, -0.2) is 38.0 Å². The Labute approximate surface area is 158 Å². The molecule has 4 heteroatoms. The van der Waals surface area contributed by atoms with Crippen LogP contribution in [0.2, 0.25) is 0 Å². The van der Waals surface area contributed by atoms with Crippen molar-refractivity contribution in [2.45, 2.75) is 83.8 Å². The summed E-state index contributed by atoms with van der Waals surface area (Å²) in [7, 11) is 3.21. The quantitative estimate of drug-likeness (QED) is 0.537. The van der Waals surface area contributed by atoms with E-state index in [1.807, 2.05) is 0 Å². The lowest BCUT2D eigenvalue weighted by Gasteiger charge is -2.61. The fraction of sp³-hybridized carbons (Fsp3) is 0.864. The summed E-state index contributed by atoms with van der Waals surface area (Å²) in [4.78, 5) is 12.0. The Balaban J connectivity index is 2.02. The number of methoxy groups -OCH3 is 2. The van der Waals surface area contributed by atoms with Gasteiger partial charge in [-0.05, 0) is 55.9 Å². The summed E-state index contributed by atoms with van der Waals surface area (Å²) in [6.07, 6.45) is 9.32. The molecule has 0 amide bonds. The van der Waals surface area contributed by atoms with Gasteiger partial charge in [-0.15, -0.1) is 0 Å². The average Bonchev–Trinajstić information content (AvgIpc) is 2.90. The number of fused-ring (bicyclic) bond motifs is 2. The molecule has 0 aromatic heterocycles. The maximum Gasteiger partial charge on any atom is 0.308 e. The first-order valence-electron chi connectivity index (χ1n) is 10.1. The smallest absolute Gasteiger partial charge is 0.308 e. The Hall–Kier alpha value is -0.870. The summed E-state index contributed by atoms with van der Waals surface area (Å²) in [6, 6.07) is 0. The molecule has 0 aromatic rings. The van der Waals surface area contributed by atoms with E-state index in [1.54, 1.807) is 7.11 Å². The molecule has 0 N–H and O–H groups in total. The standard InChI is InChI=1S/C22H36O4/c1-19(2)10-7-11-21(4)17(19)9-8-16(15-24-5)22(21)13-12-20(3,26-22)14-18(23)25-6/h8,17H,7,9-15H2,1-6H3.